The first kappa shape index (κ1) is 40.3. The minimum Gasteiger partial charge on any atom is -0.508 e. The zero-order valence-electron chi connectivity index (χ0n) is 33.8. The number of hydrazine groups is 1. The number of imide groups is 1. The number of rotatable bonds is 10. The quantitative estimate of drug-likeness (QED) is 0.147. The Bertz CT molecular complexity index is 3050. The number of phenols is 1. The lowest BCUT2D eigenvalue weighted by Crippen LogP contribution is -2.53. The van der Waals surface area contributed by atoms with Gasteiger partial charge in [-0.2, -0.15) is 5.01 Å². The van der Waals surface area contributed by atoms with Crippen LogP contribution in [-0.2, 0) is 41.6 Å². The van der Waals surface area contributed by atoms with Gasteiger partial charge in [0.05, 0.1) is 62.0 Å². The van der Waals surface area contributed by atoms with Gasteiger partial charge in [-0.1, -0.05) is 35.9 Å². The molecule has 4 heterocycles. The van der Waals surface area contributed by atoms with Crippen molar-refractivity contribution in [1.29, 1.82) is 0 Å². The van der Waals surface area contributed by atoms with Crippen molar-refractivity contribution >= 4 is 40.1 Å². The van der Waals surface area contributed by atoms with E-state index >= 15 is 4.79 Å². The number of carbonyl (C=O) groups excluding carboxylic acids is 2. The summed E-state index contributed by atoms with van der Waals surface area (Å²) in [6.07, 6.45) is 1.53. The maximum atomic E-state index is 15.4. The number of fused-ring (bicyclic) bond motifs is 5. The number of anilines is 1. The van der Waals surface area contributed by atoms with Crippen LogP contribution in [0.15, 0.2) is 105 Å². The molecule has 18 heteroatoms. The second-order valence-electron chi connectivity index (χ2n) is 15.3. The third-order valence-electron chi connectivity index (χ3n) is 12.4. The van der Waals surface area contributed by atoms with E-state index in [0.29, 0.717) is 38.7 Å². The second-order valence-corrected chi connectivity index (χ2v) is 15.8. The van der Waals surface area contributed by atoms with Crippen molar-refractivity contribution < 1.29 is 33.3 Å². The largest absolute Gasteiger partial charge is 0.508 e. The van der Waals surface area contributed by atoms with Gasteiger partial charge >= 0.3 is 11.4 Å². The molecule has 62 heavy (non-hydrogen) atoms. The molecular weight excluding hydrogens is 825 g/mol. The van der Waals surface area contributed by atoms with Gasteiger partial charge in [-0.15, -0.1) is 0 Å². The molecule has 4 unspecified atom stereocenters. The summed E-state index contributed by atoms with van der Waals surface area (Å²) < 4.78 is 35.6. The van der Waals surface area contributed by atoms with Gasteiger partial charge < -0.3 is 23.9 Å². The van der Waals surface area contributed by atoms with Gasteiger partial charge in [0.25, 0.3) is 17.4 Å². The van der Waals surface area contributed by atoms with Crippen molar-refractivity contribution in [3.63, 3.8) is 0 Å². The van der Waals surface area contributed by atoms with Crippen LogP contribution in [0, 0.1) is 11.7 Å². The van der Waals surface area contributed by atoms with Crippen LogP contribution in [-0.4, -0.2) is 66.7 Å². The number of carbonyl (C=O) groups is 2. The minimum atomic E-state index is -1.77. The smallest absolute Gasteiger partial charge is 0.347 e. The Morgan fingerprint density at radius 1 is 0.903 bits per heavy atom. The highest BCUT2D eigenvalue weighted by molar-refractivity contribution is 6.30. The van der Waals surface area contributed by atoms with Gasteiger partial charge in [-0.25, -0.2) is 32.9 Å². The second kappa shape index (κ2) is 15.1. The molecule has 318 valence electrons. The SMILES string of the molecule is COc1cc2nc(CCn3c(=O)n4n(c3=O)C3CC5C(=O)N(Nc6ccc(F)cc6)C(=O)C5(c5ccc(Cl)cc5)C(c5c(O)cccc5OC)C3=CC4)c(=O)n(C)c2cc1OC. The first-order valence-electron chi connectivity index (χ1n) is 19.6. The summed E-state index contributed by atoms with van der Waals surface area (Å²) in [6, 6.07) is 18.6. The maximum Gasteiger partial charge on any atom is 0.347 e. The van der Waals surface area contributed by atoms with Crippen molar-refractivity contribution in [2.24, 2.45) is 13.0 Å². The molecule has 0 bridgehead atoms. The number of hydrogen-bond acceptors (Lipinski definition) is 11. The summed E-state index contributed by atoms with van der Waals surface area (Å²) in [4.78, 5) is 77.4. The maximum absolute atomic E-state index is 15.4. The van der Waals surface area contributed by atoms with Crippen LogP contribution in [0.1, 0.15) is 35.2 Å². The molecule has 6 aromatic rings. The first-order valence-corrected chi connectivity index (χ1v) is 20.0. The highest BCUT2D eigenvalue weighted by atomic mass is 35.5. The fourth-order valence-electron chi connectivity index (χ4n) is 9.56. The van der Waals surface area contributed by atoms with Gasteiger partial charge in [0, 0.05) is 48.6 Å². The van der Waals surface area contributed by atoms with Crippen molar-refractivity contribution in [3.05, 3.63) is 149 Å². The molecule has 9 rings (SSSR count). The van der Waals surface area contributed by atoms with Crippen molar-refractivity contribution in [3.8, 4) is 23.0 Å². The molecule has 0 spiro atoms. The highest BCUT2D eigenvalue weighted by Crippen LogP contribution is 2.64. The molecule has 2 amide bonds. The Kier molecular flexibility index (Phi) is 9.80. The molecule has 2 aromatic heterocycles. The highest BCUT2D eigenvalue weighted by Gasteiger charge is 2.69. The van der Waals surface area contributed by atoms with Gasteiger partial charge in [0.1, 0.15) is 23.0 Å². The number of amides is 2. The van der Waals surface area contributed by atoms with Crippen molar-refractivity contribution in [1.82, 2.24) is 28.5 Å². The van der Waals surface area contributed by atoms with Gasteiger partial charge in [0.15, 0.2) is 11.5 Å². The standard InChI is InChI=1S/C44H39ClFN7O9/c1-49-32-22-36(62-4)35(61-3)21-30(32)47-29(40(49)56)17-18-50-42(58)51-19-16-27-31(53(51)43(50)59)20-28-39(55)52(48-26-14-12-25(46)13-15-26)41(57)44(28,23-8-10-24(45)11-9-23)38(27)37-33(54)6-5-7-34(37)60-2/h5-16,21-22,28,31,38,48,54H,17-20H2,1-4H3. The molecule has 4 aromatic carbocycles. The van der Waals surface area contributed by atoms with E-state index in [-0.39, 0.29) is 54.4 Å². The Morgan fingerprint density at radius 2 is 1.60 bits per heavy atom. The van der Waals surface area contributed by atoms with E-state index < -0.39 is 57.9 Å². The zero-order valence-corrected chi connectivity index (χ0v) is 34.6. The number of hydrogen-bond donors (Lipinski definition) is 2. The van der Waals surface area contributed by atoms with Crippen LogP contribution in [0.2, 0.25) is 5.02 Å². The molecular formula is C44H39ClFN7O9. The van der Waals surface area contributed by atoms with E-state index in [1.807, 2.05) is 0 Å². The number of nitrogens with zero attached hydrogens (tertiary/aromatic N) is 6. The van der Waals surface area contributed by atoms with Crippen LogP contribution in [0.3, 0.4) is 0 Å². The van der Waals surface area contributed by atoms with E-state index in [2.05, 4.69) is 10.4 Å². The summed E-state index contributed by atoms with van der Waals surface area (Å²) in [6.45, 7) is -0.326. The predicted octanol–water partition coefficient (Wildman–Crippen LogP) is 4.44. The fraction of sp³-hybridized carbons (Fsp3) is 0.273. The Morgan fingerprint density at radius 3 is 2.29 bits per heavy atom. The summed E-state index contributed by atoms with van der Waals surface area (Å²) >= 11 is 6.38. The number of aromatic hydroxyl groups is 1. The molecule has 2 fully saturated rings. The zero-order chi connectivity index (χ0) is 43.8. The molecule has 1 saturated heterocycles. The van der Waals surface area contributed by atoms with E-state index in [1.54, 1.807) is 61.7 Å². The molecule has 16 nitrogen and oxygen atoms in total. The Balaban J connectivity index is 1.19. The van der Waals surface area contributed by atoms with Gasteiger partial charge in [-0.05, 0) is 66.1 Å². The average molecular weight is 864 g/mol. The molecule has 2 aliphatic heterocycles. The van der Waals surface area contributed by atoms with Crippen molar-refractivity contribution in [2.75, 3.05) is 26.8 Å². The van der Waals surface area contributed by atoms with Crippen LogP contribution in [0.5, 0.6) is 23.0 Å². The third kappa shape index (κ3) is 5.93. The monoisotopic (exact) mass is 863 g/mol. The number of allylic oxidation sites excluding steroid dienone is 2. The summed E-state index contributed by atoms with van der Waals surface area (Å²) in [7, 11) is 5.96. The van der Waals surface area contributed by atoms with E-state index in [4.69, 9.17) is 25.8 Å². The van der Waals surface area contributed by atoms with E-state index in [0.717, 1.165) is 9.58 Å². The molecule has 4 atom stereocenters. The van der Waals surface area contributed by atoms with Crippen LogP contribution in [0.25, 0.3) is 11.0 Å². The summed E-state index contributed by atoms with van der Waals surface area (Å²) in [5.41, 5.74) is 1.66. The number of halogens is 2. The normalized spacial score (nSPS) is 20.4. The average Bonchev–Trinajstić information content (AvgIpc) is 3.64. The number of phenolic OH excluding ortho intramolecular Hbond substituents is 1. The topological polar surface area (TPSA) is 181 Å². The molecule has 3 aliphatic rings. The Hall–Kier alpha value is -7.14. The predicted molar refractivity (Wildman–Crippen MR) is 224 cm³/mol. The molecule has 1 aliphatic carbocycles. The number of methoxy groups -OCH3 is 3. The van der Waals surface area contributed by atoms with Crippen LogP contribution in [0.4, 0.5) is 10.1 Å². The van der Waals surface area contributed by atoms with Crippen molar-refractivity contribution in [2.45, 2.75) is 43.3 Å². The Labute approximate surface area is 356 Å². The molecule has 0 radical (unpaired) electrons. The number of ether oxygens (including phenoxy) is 3. The van der Waals surface area contributed by atoms with E-state index in [9.17, 15) is 28.7 Å². The third-order valence-corrected chi connectivity index (χ3v) is 12.6. The lowest BCUT2D eigenvalue weighted by Gasteiger charge is -2.49. The molecule has 1 saturated carbocycles. The lowest BCUT2D eigenvalue weighted by molar-refractivity contribution is -0.138. The fourth-order valence-corrected chi connectivity index (χ4v) is 9.69. The minimum absolute atomic E-state index is 0.0852. The summed E-state index contributed by atoms with van der Waals surface area (Å²) in [5.74, 6) is -3.44. The number of aryl methyl sites for hydroxylation is 2. The van der Waals surface area contributed by atoms with Gasteiger partial charge in [0.2, 0.25) is 0 Å². The van der Waals surface area contributed by atoms with Crippen LogP contribution >= 0.6 is 11.6 Å². The number of benzene rings is 4. The van der Waals surface area contributed by atoms with Crippen LogP contribution < -0.4 is 36.6 Å². The lowest BCUT2D eigenvalue weighted by atomic mass is 9.53. The first-order chi connectivity index (χ1) is 29.8. The van der Waals surface area contributed by atoms with E-state index in [1.165, 1.54) is 65.6 Å². The number of nitrogens with one attached hydrogen (secondary N) is 1. The van der Waals surface area contributed by atoms with Gasteiger partial charge in [-0.3, -0.25) is 19.8 Å². The number of aromatic nitrogens is 5. The molecule has 2 N–H and O–H groups in total. The summed E-state index contributed by atoms with van der Waals surface area (Å²) in [5, 5.41) is 13.0.